The third-order valence-corrected chi connectivity index (χ3v) is 0.809. The largest absolute Gasteiger partial charge is 0.341 e. The molecule has 0 unspecified atom stereocenters. The number of rotatable bonds is 6. The van der Waals surface area contributed by atoms with Crippen LogP contribution in [-0.2, 0) is 9.47 Å². The first-order chi connectivity index (χ1) is 4.81. The predicted octanol–water partition coefficient (Wildman–Crippen LogP) is 1.90. The van der Waals surface area contributed by atoms with Crippen molar-refractivity contribution in [2.24, 2.45) is 0 Å². The van der Waals surface area contributed by atoms with Crippen LogP contribution < -0.4 is 0 Å². The lowest BCUT2D eigenvalue weighted by Crippen LogP contribution is -2.03. The van der Waals surface area contributed by atoms with Gasteiger partial charge in [-0.2, -0.15) is 0 Å². The van der Waals surface area contributed by atoms with Crippen LogP contribution in [-0.4, -0.2) is 13.2 Å². The molecule has 57 valence electrons. The van der Waals surface area contributed by atoms with Crippen LogP contribution in [0, 0.1) is 6.29 Å². The standard InChI is InChI=1S/C8H13O2/c1-4-6-9-8(3)10-7-5-2/h4-5H,1-2,6-7H2,3H3. The minimum absolute atomic E-state index is 0.489. The predicted molar refractivity (Wildman–Crippen MR) is 41.2 cm³/mol. The van der Waals surface area contributed by atoms with Gasteiger partial charge in [-0.25, -0.2) is 0 Å². The summed E-state index contributed by atoms with van der Waals surface area (Å²) in [6, 6.07) is 0. The van der Waals surface area contributed by atoms with Crippen molar-refractivity contribution in [3.63, 3.8) is 0 Å². The molecule has 0 rings (SSSR count). The summed E-state index contributed by atoms with van der Waals surface area (Å²) < 4.78 is 10.0. The van der Waals surface area contributed by atoms with Crippen LogP contribution in [0.1, 0.15) is 6.92 Å². The lowest BCUT2D eigenvalue weighted by Gasteiger charge is -2.08. The summed E-state index contributed by atoms with van der Waals surface area (Å²) in [5, 5.41) is 0. The Labute approximate surface area is 62.1 Å². The number of hydrogen-bond donors (Lipinski definition) is 0. The van der Waals surface area contributed by atoms with Crippen molar-refractivity contribution in [2.45, 2.75) is 6.92 Å². The van der Waals surface area contributed by atoms with E-state index < -0.39 is 0 Å². The third kappa shape index (κ3) is 5.54. The molecule has 0 atom stereocenters. The minimum atomic E-state index is 0.489. The molecular weight excluding hydrogens is 128 g/mol. The summed E-state index contributed by atoms with van der Waals surface area (Å²) >= 11 is 0. The highest BCUT2D eigenvalue weighted by atomic mass is 16.7. The van der Waals surface area contributed by atoms with Crippen molar-refractivity contribution in [1.82, 2.24) is 0 Å². The van der Waals surface area contributed by atoms with E-state index in [-0.39, 0.29) is 0 Å². The van der Waals surface area contributed by atoms with Crippen LogP contribution in [0.5, 0.6) is 0 Å². The second-order valence-electron chi connectivity index (χ2n) is 1.69. The van der Waals surface area contributed by atoms with Gasteiger partial charge in [0.15, 0.2) is 0 Å². The molecule has 0 aromatic heterocycles. The van der Waals surface area contributed by atoms with Gasteiger partial charge in [0.05, 0.1) is 13.2 Å². The molecule has 0 saturated carbocycles. The van der Waals surface area contributed by atoms with Crippen LogP contribution in [0.25, 0.3) is 0 Å². The molecule has 0 spiro atoms. The number of ether oxygens (including phenoxy) is 2. The summed E-state index contributed by atoms with van der Waals surface area (Å²) in [6.45, 7) is 9.73. The Balaban J connectivity index is 3.15. The van der Waals surface area contributed by atoms with Gasteiger partial charge in [0.25, 0.3) is 0 Å². The van der Waals surface area contributed by atoms with E-state index >= 15 is 0 Å². The molecule has 0 aliphatic heterocycles. The Morgan fingerprint density at radius 2 is 1.60 bits per heavy atom. The quantitative estimate of drug-likeness (QED) is 0.526. The van der Waals surface area contributed by atoms with E-state index in [9.17, 15) is 0 Å². The molecule has 2 nitrogen and oxygen atoms in total. The van der Waals surface area contributed by atoms with Gasteiger partial charge in [0.2, 0.25) is 6.29 Å². The molecule has 0 fully saturated rings. The zero-order valence-corrected chi connectivity index (χ0v) is 6.30. The van der Waals surface area contributed by atoms with E-state index in [1.807, 2.05) is 0 Å². The zero-order chi connectivity index (χ0) is 7.82. The Kier molecular flexibility index (Phi) is 6.13. The molecule has 0 bridgehead atoms. The maximum Gasteiger partial charge on any atom is 0.221 e. The smallest absolute Gasteiger partial charge is 0.221 e. The van der Waals surface area contributed by atoms with Crippen LogP contribution in [0.15, 0.2) is 25.3 Å². The summed E-state index contributed by atoms with van der Waals surface area (Å²) in [5.74, 6) is 0. The van der Waals surface area contributed by atoms with Crippen molar-refractivity contribution < 1.29 is 9.47 Å². The third-order valence-electron chi connectivity index (χ3n) is 0.809. The fourth-order valence-electron chi connectivity index (χ4n) is 0.394. The molecule has 1 radical (unpaired) electrons. The van der Waals surface area contributed by atoms with E-state index in [4.69, 9.17) is 9.47 Å². The number of hydrogen-bond acceptors (Lipinski definition) is 2. The first-order valence-electron chi connectivity index (χ1n) is 3.12. The van der Waals surface area contributed by atoms with Crippen LogP contribution >= 0.6 is 0 Å². The van der Waals surface area contributed by atoms with Crippen LogP contribution in [0.3, 0.4) is 0 Å². The summed E-state index contributed by atoms with van der Waals surface area (Å²) in [6.07, 6.45) is 3.89. The van der Waals surface area contributed by atoms with Gasteiger partial charge >= 0.3 is 0 Å². The normalized spacial score (nSPS) is 9.80. The molecule has 0 aliphatic rings. The monoisotopic (exact) mass is 141 g/mol. The van der Waals surface area contributed by atoms with E-state index in [1.165, 1.54) is 0 Å². The molecule has 0 aliphatic carbocycles. The second-order valence-corrected chi connectivity index (χ2v) is 1.69. The highest BCUT2D eigenvalue weighted by Crippen LogP contribution is 2.01. The van der Waals surface area contributed by atoms with E-state index in [0.29, 0.717) is 19.5 Å². The van der Waals surface area contributed by atoms with Crippen molar-refractivity contribution in [3.05, 3.63) is 31.6 Å². The molecule has 0 heterocycles. The molecule has 0 aromatic rings. The summed E-state index contributed by atoms with van der Waals surface area (Å²) in [5.41, 5.74) is 0. The minimum Gasteiger partial charge on any atom is -0.341 e. The summed E-state index contributed by atoms with van der Waals surface area (Å²) in [4.78, 5) is 0. The van der Waals surface area contributed by atoms with Crippen molar-refractivity contribution in [3.8, 4) is 0 Å². The Hall–Kier alpha value is -0.600. The highest BCUT2D eigenvalue weighted by Gasteiger charge is 1.99. The fraction of sp³-hybridized carbons (Fsp3) is 0.375. The average molecular weight is 141 g/mol. The molecule has 0 N–H and O–H groups in total. The van der Waals surface area contributed by atoms with Gasteiger partial charge in [-0.15, -0.1) is 13.2 Å². The zero-order valence-electron chi connectivity index (χ0n) is 6.30. The Morgan fingerprint density at radius 1 is 1.20 bits per heavy atom. The van der Waals surface area contributed by atoms with Crippen LogP contribution in [0.4, 0.5) is 0 Å². The molecule has 0 amide bonds. The maximum atomic E-state index is 5.02. The lowest BCUT2D eigenvalue weighted by molar-refractivity contribution is -0.0164. The second kappa shape index (κ2) is 6.52. The first kappa shape index (κ1) is 9.40. The van der Waals surface area contributed by atoms with Gasteiger partial charge < -0.3 is 9.47 Å². The van der Waals surface area contributed by atoms with E-state index in [1.54, 1.807) is 19.1 Å². The van der Waals surface area contributed by atoms with Crippen molar-refractivity contribution in [1.29, 1.82) is 0 Å². The summed E-state index contributed by atoms with van der Waals surface area (Å²) in [7, 11) is 0. The fourth-order valence-corrected chi connectivity index (χ4v) is 0.394. The van der Waals surface area contributed by atoms with Crippen LogP contribution in [0.2, 0.25) is 0 Å². The van der Waals surface area contributed by atoms with E-state index in [0.717, 1.165) is 0 Å². The Bertz CT molecular complexity index is 87.4. The first-order valence-corrected chi connectivity index (χ1v) is 3.12. The van der Waals surface area contributed by atoms with Gasteiger partial charge in [-0.05, 0) is 6.92 Å². The lowest BCUT2D eigenvalue weighted by atomic mass is 10.6. The SMILES string of the molecule is C=CCO[C](C)OCC=C. The van der Waals surface area contributed by atoms with Gasteiger partial charge in [0, 0.05) is 0 Å². The average Bonchev–Trinajstić information content (AvgIpc) is 1.97. The Morgan fingerprint density at radius 3 is 1.90 bits per heavy atom. The molecule has 0 saturated heterocycles. The molecule has 2 heteroatoms. The molecular formula is C8H13O2. The maximum absolute atomic E-state index is 5.02. The van der Waals surface area contributed by atoms with Gasteiger partial charge in [0.1, 0.15) is 0 Å². The molecule has 0 aromatic carbocycles. The van der Waals surface area contributed by atoms with E-state index in [2.05, 4.69) is 13.2 Å². The van der Waals surface area contributed by atoms with Crippen molar-refractivity contribution >= 4 is 0 Å². The topological polar surface area (TPSA) is 18.5 Å². The highest BCUT2D eigenvalue weighted by molar-refractivity contribution is 4.70. The van der Waals surface area contributed by atoms with Gasteiger partial charge in [-0.1, -0.05) is 12.2 Å². The van der Waals surface area contributed by atoms with Crippen molar-refractivity contribution in [2.75, 3.05) is 13.2 Å². The molecule has 10 heavy (non-hydrogen) atoms. The van der Waals surface area contributed by atoms with Gasteiger partial charge in [-0.3, -0.25) is 0 Å².